The minimum atomic E-state index is -1.94. The first-order chi connectivity index (χ1) is 7.84. The van der Waals surface area contributed by atoms with Gasteiger partial charge in [-0.05, 0) is 35.0 Å². The van der Waals surface area contributed by atoms with Crippen molar-refractivity contribution in [1.29, 1.82) is 0 Å². The summed E-state index contributed by atoms with van der Waals surface area (Å²) in [5.41, 5.74) is -1.60. The third-order valence-corrected chi connectivity index (χ3v) is 3.21. The van der Waals surface area contributed by atoms with E-state index in [2.05, 4.69) is 21.2 Å². The summed E-state index contributed by atoms with van der Waals surface area (Å²) < 4.78 is 5.74. The summed E-state index contributed by atoms with van der Waals surface area (Å²) in [4.78, 5) is 22.7. The molecule has 90 valence electrons. The van der Waals surface area contributed by atoms with E-state index in [1.165, 1.54) is 13.0 Å². The molecule has 17 heavy (non-hydrogen) atoms. The molecule has 0 bridgehead atoms. The van der Waals surface area contributed by atoms with Gasteiger partial charge in [-0.15, -0.1) is 0 Å². The fraction of sp³-hybridized carbons (Fsp3) is 0.200. The van der Waals surface area contributed by atoms with Crippen molar-refractivity contribution < 1.29 is 19.4 Å². The van der Waals surface area contributed by atoms with Crippen molar-refractivity contribution in [2.75, 3.05) is 5.32 Å². The Bertz CT molecular complexity index is 533. The highest BCUT2D eigenvalue weighted by atomic mass is 79.9. The smallest absolute Gasteiger partial charge is 0.357 e. The van der Waals surface area contributed by atoms with Crippen LogP contribution in [0.4, 0.5) is 5.69 Å². The Hall–Kier alpha value is -1.27. The molecular weight excluding hydrogens is 313 g/mol. The average Bonchev–Trinajstić information content (AvgIpc) is 2.21. The lowest BCUT2D eigenvalue weighted by Gasteiger charge is -2.31. The Morgan fingerprint density at radius 3 is 2.82 bits per heavy atom. The third kappa shape index (κ3) is 1.87. The van der Waals surface area contributed by atoms with Gasteiger partial charge in [0, 0.05) is 5.02 Å². The van der Waals surface area contributed by atoms with Gasteiger partial charge in [0.15, 0.2) is 5.75 Å². The predicted molar refractivity (Wildman–Crippen MR) is 64.5 cm³/mol. The minimum Gasteiger partial charge on any atom is -0.478 e. The second-order valence-electron chi connectivity index (χ2n) is 3.66. The molecule has 1 aromatic carbocycles. The van der Waals surface area contributed by atoms with E-state index >= 15 is 0 Å². The maximum atomic E-state index is 11.7. The van der Waals surface area contributed by atoms with Crippen LogP contribution in [-0.2, 0) is 9.59 Å². The van der Waals surface area contributed by atoms with Crippen LogP contribution in [0.2, 0.25) is 5.02 Å². The molecule has 0 saturated carbocycles. The topological polar surface area (TPSA) is 75.6 Å². The fourth-order valence-corrected chi connectivity index (χ4v) is 2.28. The number of benzene rings is 1. The molecule has 1 heterocycles. The average molecular weight is 321 g/mol. The standard InChI is InChI=1S/C10H7BrClNO4/c1-10(9(15)16)8(14)13-6-3-4(12)2-5(11)7(6)17-10/h2-3H,1H3,(H,13,14)(H,15,16). The van der Waals surface area contributed by atoms with E-state index in [1.54, 1.807) is 6.07 Å². The van der Waals surface area contributed by atoms with Crippen LogP contribution in [0.15, 0.2) is 16.6 Å². The molecule has 5 nitrogen and oxygen atoms in total. The Morgan fingerprint density at radius 2 is 2.24 bits per heavy atom. The Balaban J connectivity index is 2.55. The van der Waals surface area contributed by atoms with Crippen LogP contribution < -0.4 is 10.1 Å². The zero-order chi connectivity index (χ0) is 12.8. The Labute approximate surface area is 110 Å². The van der Waals surface area contributed by atoms with Gasteiger partial charge < -0.3 is 15.2 Å². The van der Waals surface area contributed by atoms with Crippen LogP contribution in [0.25, 0.3) is 0 Å². The second-order valence-corrected chi connectivity index (χ2v) is 4.95. The fourth-order valence-electron chi connectivity index (χ4n) is 1.39. The number of amides is 1. The number of fused-ring (bicyclic) bond motifs is 1. The molecule has 1 amide bonds. The van der Waals surface area contributed by atoms with Crippen molar-refractivity contribution in [3.8, 4) is 5.75 Å². The molecule has 1 aromatic rings. The third-order valence-electron chi connectivity index (χ3n) is 2.40. The van der Waals surface area contributed by atoms with E-state index in [-0.39, 0.29) is 5.75 Å². The van der Waals surface area contributed by atoms with E-state index in [4.69, 9.17) is 21.4 Å². The summed E-state index contributed by atoms with van der Waals surface area (Å²) in [6.45, 7) is 1.19. The SMILES string of the molecule is CC1(C(=O)O)Oc2c(Br)cc(Cl)cc2NC1=O. The molecule has 1 unspecified atom stereocenters. The summed E-state index contributed by atoms with van der Waals surface area (Å²) in [5, 5.41) is 11.9. The normalized spacial score (nSPS) is 22.4. The number of aliphatic carboxylic acids is 1. The maximum Gasteiger partial charge on any atom is 0.357 e. The number of nitrogens with one attached hydrogen (secondary N) is 1. The van der Waals surface area contributed by atoms with E-state index < -0.39 is 17.5 Å². The number of carboxylic acids is 1. The van der Waals surface area contributed by atoms with Gasteiger partial charge >= 0.3 is 5.97 Å². The van der Waals surface area contributed by atoms with Gasteiger partial charge in [-0.3, -0.25) is 4.79 Å². The van der Waals surface area contributed by atoms with Gasteiger partial charge in [-0.2, -0.15) is 0 Å². The number of carbonyl (C=O) groups excluding carboxylic acids is 1. The first-order valence-corrected chi connectivity index (χ1v) is 5.74. The van der Waals surface area contributed by atoms with Gasteiger partial charge in [-0.25, -0.2) is 4.79 Å². The van der Waals surface area contributed by atoms with Crippen molar-refractivity contribution in [3.63, 3.8) is 0 Å². The molecular formula is C10H7BrClNO4. The summed E-state index contributed by atoms with van der Waals surface area (Å²) in [6.07, 6.45) is 0. The summed E-state index contributed by atoms with van der Waals surface area (Å²) in [6, 6.07) is 3.04. The zero-order valence-electron chi connectivity index (χ0n) is 8.58. The molecule has 0 spiro atoms. The second kappa shape index (κ2) is 3.89. The van der Waals surface area contributed by atoms with Crippen molar-refractivity contribution >= 4 is 45.1 Å². The van der Waals surface area contributed by atoms with E-state index in [0.717, 1.165) is 0 Å². The van der Waals surface area contributed by atoms with Crippen LogP contribution >= 0.6 is 27.5 Å². The zero-order valence-corrected chi connectivity index (χ0v) is 10.9. The molecule has 2 rings (SSSR count). The maximum absolute atomic E-state index is 11.7. The molecule has 1 atom stereocenters. The number of carboxylic acid groups (broad SMARTS) is 1. The molecule has 0 fully saturated rings. The summed E-state index contributed by atoms with van der Waals surface area (Å²) >= 11 is 9.01. The molecule has 7 heteroatoms. The summed E-state index contributed by atoms with van der Waals surface area (Å²) in [7, 11) is 0. The minimum absolute atomic E-state index is 0.249. The van der Waals surface area contributed by atoms with Crippen LogP contribution in [0.1, 0.15) is 6.92 Å². The Morgan fingerprint density at radius 1 is 1.59 bits per heavy atom. The van der Waals surface area contributed by atoms with Gasteiger partial charge in [0.25, 0.3) is 11.5 Å². The number of halogens is 2. The van der Waals surface area contributed by atoms with E-state index in [9.17, 15) is 9.59 Å². The lowest BCUT2D eigenvalue weighted by atomic mass is 10.0. The van der Waals surface area contributed by atoms with Crippen molar-refractivity contribution in [2.24, 2.45) is 0 Å². The molecule has 2 N–H and O–H groups in total. The Kier molecular flexibility index (Phi) is 2.79. The van der Waals surface area contributed by atoms with Gasteiger partial charge in [-0.1, -0.05) is 11.6 Å². The predicted octanol–water partition coefficient (Wildman–Crippen LogP) is 2.28. The molecule has 0 saturated heterocycles. The largest absolute Gasteiger partial charge is 0.478 e. The number of ether oxygens (including phenoxy) is 1. The molecule has 0 radical (unpaired) electrons. The highest BCUT2D eigenvalue weighted by molar-refractivity contribution is 9.10. The monoisotopic (exact) mass is 319 g/mol. The van der Waals surface area contributed by atoms with Gasteiger partial charge in [0.05, 0.1) is 10.2 Å². The molecule has 0 aromatic heterocycles. The van der Waals surface area contributed by atoms with Crippen LogP contribution in [0.3, 0.4) is 0 Å². The van der Waals surface area contributed by atoms with E-state index in [0.29, 0.717) is 15.2 Å². The number of rotatable bonds is 1. The lowest BCUT2D eigenvalue weighted by molar-refractivity contribution is -0.159. The van der Waals surface area contributed by atoms with Crippen LogP contribution in [0, 0.1) is 0 Å². The summed E-state index contributed by atoms with van der Waals surface area (Å²) in [5.74, 6) is -1.85. The molecule has 1 aliphatic heterocycles. The molecule has 0 aliphatic carbocycles. The van der Waals surface area contributed by atoms with Gasteiger partial charge in [0.1, 0.15) is 0 Å². The van der Waals surface area contributed by atoms with Crippen molar-refractivity contribution in [2.45, 2.75) is 12.5 Å². The molecule has 1 aliphatic rings. The number of hydrogen-bond donors (Lipinski definition) is 2. The highest BCUT2D eigenvalue weighted by Crippen LogP contribution is 2.41. The highest BCUT2D eigenvalue weighted by Gasteiger charge is 2.48. The number of carbonyl (C=O) groups is 2. The van der Waals surface area contributed by atoms with Crippen molar-refractivity contribution in [3.05, 3.63) is 21.6 Å². The van der Waals surface area contributed by atoms with E-state index in [1.807, 2.05) is 0 Å². The van der Waals surface area contributed by atoms with Crippen LogP contribution in [0.5, 0.6) is 5.75 Å². The first-order valence-electron chi connectivity index (χ1n) is 4.57. The van der Waals surface area contributed by atoms with Gasteiger partial charge in [0.2, 0.25) is 0 Å². The first kappa shape index (κ1) is 12.2. The van der Waals surface area contributed by atoms with Crippen molar-refractivity contribution in [1.82, 2.24) is 0 Å². The quantitative estimate of drug-likeness (QED) is 0.778. The lowest BCUT2D eigenvalue weighted by Crippen LogP contribution is -2.54. The number of anilines is 1. The number of hydrogen-bond acceptors (Lipinski definition) is 3. The van der Waals surface area contributed by atoms with Crippen LogP contribution in [-0.4, -0.2) is 22.6 Å².